The van der Waals surface area contributed by atoms with Crippen molar-refractivity contribution < 1.29 is 4.74 Å². The third kappa shape index (κ3) is 4.75. The van der Waals surface area contributed by atoms with Gasteiger partial charge in [-0.2, -0.15) is 4.98 Å². The van der Waals surface area contributed by atoms with Crippen molar-refractivity contribution >= 4 is 23.1 Å². The summed E-state index contributed by atoms with van der Waals surface area (Å²) in [5, 5.41) is 3.37. The van der Waals surface area contributed by atoms with E-state index in [0.717, 1.165) is 28.6 Å². The van der Waals surface area contributed by atoms with Crippen LogP contribution in [0.5, 0.6) is 5.75 Å². The highest BCUT2D eigenvalue weighted by atomic mass is 16.5. The van der Waals surface area contributed by atoms with Gasteiger partial charge in [-0.25, -0.2) is 4.98 Å². The Kier molecular flexibility index (Phi) is 5.90. The highest BCUT2D eigenvalue weighted by Crippen LogP contribution is 2.27. The number of methoxy groups -OCH3 is 1. The zero-order chi connectivity index (χ0) is 20.8. The molecule has 4 aromatic rings. The molecular formula is C25H24N4O. The van der Waals surface area contributed by atoms with E-state index >= 15 is 0 Å². The van der Waals surface area contributed by atoms with Gasteiger partial charge in [-0.3, -0.25) is 0 Å². The van der Waals surface area contributed by atoms with Crippen molar-refractivity contribution in [3.63, 3.8) is 0 Å². The highest BCUT2D eigenvalue weighted by molar-refractivity contribution is 5.63. The van der Waals surface area contributed by atoms with Crippen LogP contribution in [0.3, 0.4) is 0 Å². The average molecular weight is 396 g/mol. The molecule has 1 N–H and O–H groups in total. The number of para-hydroxylation sites is 1. The Labute approximate surface area is 177 Å². The Morgan fingerprint density at radius 3 is 2.30 bits per heavy atom. The lowest BCUT2D eigenvalue weighted by molar-refractivity contribution is 0.415. The molecule has 0 unspecified atom stereocenters. The zero-order valence-corrected chi connectivity index (χ0v) is 17.1. The lowest BCUT2D eigenvalue weighted by Gasteiger charge is -2.24. The molecule has 0 fully saturated rings. The molecule has 150 valence electrons. The number of nitrogens with zero attached hydrogens (tertiary/aromatic N) is 3. The van der Waals surface area contributed by atoms with E-state index in [1.54, 1.807) is 7.11 Å². The summed E-state index contributed by atoms with van der Waals surface area (Å²) in [5.74, 6) is 2.18. The first kappa shape index (κ1) is 19.5. The summed E-state index contributed by atoms with van der Waals surface area (Å²) in [6, 6.07) is 30.3. The van der Waals surface area contributed by atoms with Gasteiger partial charge in [0.05, 0.1) is 13.7 Å². The van der Waals surface area contributed by atoms with Gasteiger partial charge >= 0.3 is 0 Å². The van der Waals surface area contributed by atoms with Gasteiger partial charge in [0.15, 0.2) is 0 Å². The van der Waals surface area contributed by atoms with Crippen molar-refractivity contribution in [2.75, 3.05) is 17.3 Å². The molecule has 0 aliphatic heterocycles. The summed E-state index contributed by atoms with van der Waals surface area (Å²) in [6.45, 7) is 2.65. The molecule has 5 heteroatoms. The van der Waals surface area contributed by atoms with Crippen LogP contribution in [-0.2, 0) is 6.54 Å². The Morgan fingerprint density at radius 1 is 0.833 bits per heavy atom. The molecule has 0 bridgehead atoms. The standard InChI is InChI=1S/C25H24N4O/c1-19-16-24(27-21-12-9-15-23(17-21)30-2)28-25(26-19)29(22-13-7-4-8-14-22)18-20-10-5-3-6-11-20/h3-17H,18H2,1-2H3,(H,26,27,28). The molecule has 1 heterocycles. The van der Waals surface area contributed by atoms with Gasteiger partial charge in [0.2, 0.25) is 5.95 Å². The SMILES string of the molecule is COc1cccc(Nc2cc(C)nc(N(Cc3ccccc3)c3ccccc3)n2)c1. The summed E-state index contributed by atoms with van der Waals surface area (Å²) < 4.78 is 5.32. The van der Waals surface area contributed by atoms with E-state index in [1.165, 1.54) is 5.56 Å². The van der Waals surface area contributed by atoms with Crippen molar-refractivity contribution in [1.82, 2.24) is 9.97 Å². The van der Waals surface area contributed by atoms with Gasteiger partial charge in [0.25, 0.3) is 0 Å². The molecular weight excluding hydrogens is 372 g/mol. The average Bonchev–Trinajstić information content (AvgIpc) is 2.78. The minimum Gasteiger partial charge on any atom is -0.497 e. The van der Waals surface area contributed by atoms with E-state index < -0.39 is 0 Å². The summed E-state index contributed by atoms with van der Waals surface area (Å²) in [4.78, 5) is 11.7. The molecule has 0 saturated carbocycles. The smallest absolute Gasteiger partial charge is 0.232 e. The quantitative estimate of drug-likeness (QED) is 0.423. The van der Waals surface area contributed by atoms with Gasteiger partial charge in [0, 0.05) is 29.2 Å². The minimum atomic E-state index is 0.649. The fraction of sp³-hybridized carbons (Fsp3) is 0.120. The number of anilines is 4. The first-order valence-electron chi connectivity index (χ1n) is 9.84. The molecule has 0 atom stereocenters. The predicted octanol–water partition coefficient (Wildman–Crippen LogP) is 5.88. The van der Waals surface area contributed by atoms with E-state index in [9.17, 15) is 0 Å². The summed E-state index contributed by atoms with van der Waals surface area (Å²) >= 11 is 0. The number of rotatable bonds is 7. The van der Waals surface area contributed by atoms with Crippen LogP contribution in [0.15, 0.2) is 91.0 Å². The second-order valence-corrected chi connectivity index (χ2v) is 6.96. The molecule has 0 aliphatic rings. The van der Waals surface area contributed by atoms with Gasteiger partial charge in [-0.1, -0.05) is 54.6 Å². The third-order valence-corrected chi connectivity index (χ3v) is 4.68. The van der Waals surface area contributed by atoms with Crippen LogP contribution >= 0.6 is 0 Å². The third-order valence-electron chi connectivity index (χ3n) is 4.68. The molecule has 1 aromatic heterocycles. The normalized spacial score (nSPS) is 10.5. The number of hydrogen-bond donors (Lipinski definition) is 1. The van der Waals surface area contributed by atoms with E-state index in [2.05, 4.69) is 34.5 Å². The molecule has 30 heavy (non-hydrogen) atoms. The minimum absolute atomic E-state index is 0.649. The lowest BCUT2D eigenvalue weighted by atomic mass is 10.2. The Balaban J connectivity index is 1.69. The molecule has 0 radical (unpaired) electrons. The molecule has 0 amide bonds. The largest absolute Gasteiger partial charge is 0.497 e. The predicted molar refractivity (Wildman–Crippen MR) is 122 cm³/mol. The molecule has 0 saturated heterocycles. The fourth-order valence-corrected chi connectivity index (χ4v) is 3.24. The number of aromatic nitrogens is 2. The Bertz CT molecular complexity index is 1100. The van der Waals surface area contributed by atoms with E-state index in [4.69, 9.17) is 14.7 Å². The maximum absolute atomic E-state index is 5.32. The highest BCUT2D eigenvalue weighted by Gasteiger charge is 2.15. The van der Waals surface area contributed by atoms with Crippen molar-refractivity contribution in [2.45, 2.75) is 13.5 Å². The maximum Gasteiger partial charge on any atom is 0.232 e. The van der Waals surface area contributed by atoms with E-state index in [-0.39, 0.29) is 0 Å². The molecule has 0 aliphatic carbocycles. The second kappa shape index (κ2) is 9.09. The first-order valence-corrected chi connectivity index (χ1v) is 9.84. The molecule has 3 aromatic carbocycles. The lowest BCUT2D eigenvalue weighted by Crippen LogP contribution is -2.19. The van der Waals surface area contributed by atoms with Gasteiger partial charge in [-0.05, 0) is 36.8 Å². The van der Waals surface area contributed by atoms with Crippen molar-refractivity contribution in [1.29, 1.82) is 0 Å². The van der Waals surface area contributed by atoms with Crippen LogP contribution in [0.4, 0.5) is 23.1 Å². The zero-order valence-electron chi connectivity index (χ0n) is 17.1. The number of aryl methyl sites for hydroxylation is 1. The fourth-order valence-electron chi connectivity index (χ4n) is 3.24. The van der Waals surface area contributed by atoms with Crippen molar-refractivity contribution in [2.24, 2.45) is 0 Å². The van der Waals surface area contributed by atoms with Gasteiger partial charge < -0.3 is 15.0 Å². The van der Waals surface area contributed by atoms with Crippen LogP contribution in [0.25, 0.3) is 0 Å². The number of hydrogen-bond acceptors (Lipinski definition) is 5. The van der Waals surface area contributed by atoms with E-state index in [0.29, 0.717) is 12.5 Å². The topological polar surface area (TPSA) is 50.3 Å². The molecule has 4 rings (SSSR count). The second-order valence-electron chi connectivity index (χ2n) is 6.96. The Morgan fingerprint density at radius 2 is 1.57 bits per heavy atom. The van der Waals surface area contributed by atoms with Crippen LogP contribution in [0.1, 0.15) is 11.3 Å². The summed E-state index contributed by atoms with van der Waals surface area (Å²) in [7, 11) is 1.66. The van der Waals surface area contributed by atoms with Gasteiger partial charge in [-0.15, -0.1) is 0 Å². The molecule has 0 spiro atoms. The summed E-state index contributed by atoms with van der Waals surface area (Å²) in [6.07, 6.45) is 0. The number of benzene rings is 3. The summed E-state index contributed by atoms with van der Waals surface area (Å²) in [5.41, 5.74) is 4.03. The van der Waals surface area contributed by atoms with Crippen LogP contribution in [0.2, 0.25) is 0 Å². The van der Waals surface area contributed by atoms with Crippen LogP contribution in [0, 0.1) is 6.92 Å². The maximum atomic E-state index is 5.32. The Hall–Kier alpha value is -3.86. The van der Waals surface area contributed by atoms with E-state index in [1.807, 2.05) is 73.7 Å². The number of nitrogens with one attached hydrogen (secondary N) is 1. The van der Waals surface area contributed by atoms with Crippen molar-refractivity contribution in [3.8, 4) is 5.75 Å². The van der Waals surface area contributed by atoms with Crippen LogP contribution in [-0.4, -0.2) is 17.1 Å². The van der Waals surface area contributed by atoms with Gasteiger partial charge in [0.1, 0.15) is 11.6 Å². The first-order chi connectivity index (χ1) is 14.7. The monoisotopic (exact) mass is 396 g/mol. The number of ether oxygens (including phenoxy) is 1. The van der Waals surface area contributed by atoms with Crippen LogP contribution < -0.4 is 15.0 Å². The molecule has 5 nitrogen and oxygen atoms in total. The van der Waals surface area contributed by atoms with Crippen molar-refractivity contribution in [3.05, 3.63) is 102 Å².